The number of nitrogens with zero attached hydrogens (tertiary/aromatic N) is 2. The van der Waals surface area contributed by atoms with Gasteiger partial charge in [0, 0.05) is 26.7 Å². The number of nitrogens with one attached hydrogen (secondary N) is 1. The number of anilines is 1. The van der Waals surface area contributed by atoms with Crippen molar-refractivity contribution in [2.75, 3.05) is 23.8 Å². The summed E-state index contributed by atoms with van der Waals surface area (Å²) in [6.07, 6.45) is 0.303. The topological polar surface area (TPSA) is 79.0 Å². The van der Waals surface area contributed by atoms with Crippen LogP contribution in [0.5, 0.6) is 0 Å². The molecular formula is C23H20BrCl2N3O4S. The van der Waals surface area contributed by atoms with Gasteiger partial charge in [-0.05, 0) is 42.8 Å². The first kappa shape index (κ1) is 23.9. The molecule has 34 heavy (non-hydrogen) atoms. The van der Waals surface area contributed by atoms with Gasteiger partial charge in [-0.2, -0.15) is 0 Å². The molecule has 0 aromatic heterocycles. The molecule has 1 spiro atoms. The predicted molar refractivity (Wildman–Crippen MR) is 135 cm³/mol. The molecular weight excluding hydrogens is 565 g/mol. The average Bonchev–Trinajstić information content (AvgIpc) is 3.41. The number of amides is 3. The normalized spacial score (nSPS) is 28.2. The Morgan fingerprint density at radius 2 is 1.88 bits per heavy atom. The Balaban J connectivity index is 1.57. The Hall–Kier alpha value is -1.78. The van der Waals surface area contributed by atoms with Crippen LogP contribution in [0.4, 0.5) is 10.5 Å². The number of urea groups is 1. The predicted octanol–water partition coefficient (Wildman–Crippen LogP) is 4.79. The van der Waals surface area contributed by atoms with Crippen LogP contribution in [0.1, 0.15) is 18.9 Å². The van der Waals surface area contributed by atoms with E-state index in [2.05, 4.69) is 21.2 Å². The number of imide groups is 1. The van der Waals surface area contributed by atoms with Crippen molar-refractivity contribution in [1.82, 2.24) is 10.2 Å². The van der Waals surface area contributed by atoms with E-state index in [4.69, 9.17) is 27.9 Å². The minimum absolute atomic E-state index is 0.249. The van der Waals surface area contributed by atoms with Gasteiger partial charge in [0.1, 0.15) is 6.04 Å². The molecule has 3 saturated heterocycles. The van der Waals surface area contributed by atoms with E-state index < -0.39 is 22.5 Å². The van der Waals surface area contributed by atoms with Crippen LogP contribution in [-0.4, -0.2) is 52.6 Å². The molecule has 0 radical (unpaired) electrons. The molecule has 3 amide bonds. The van der Waals surface area contributed by atoms with Gasteiger partial charge in [0.25, 0.3) is 5.91 Å². The lowest BCUT2D eigenvalue weighted by atomic mass is 9.86. The first-order chi connectivity index (χ1) is 16.2. The van der Waals surface area contributed by atoms with E-state index in [0.717, 1.165) is 9.37 Å². The lowest BCUT2D eigenvalue weighted by Gasteiger charge is -2.29. The summed E-state index contributed by atoms with van der Waals surface area (Å²) in [4.78, 5) is 42.3. The third-order valence-electron chi connectivity index (χ3n) is 6.36. The second-order valence-corrected chi connectivity index (χ2v) is 11.6. The molecule has 0 bridgehead atoms. The van der Waals surface area contributed by atoms with Crippen LogP contribution >= 0.6 is 50.9 Å². The molecule has 5 rings (SSSR count). The zero-order chi connectivity index (χ0) is 24.3. The molecule has 3 heterocycles. The lowest BCUT2D eigenvalue weighted by molar-refractivity contribution is -0.145. The Kier molecular flexibility index (Phi) is 6.13. The summed E-state index contributed by atoms with van der Waals surface area (Å²) in [5, 5.41) is 4.03. The van der Waals surface area contributed by atoms with E-state index in [1.807, 2.05) is 24.3 Å². The molecule has 0 aliphatic carbocycles. The first-order valence-corrected chi connectivity index (χ1v) is 13.2. The SMILES string of the molecule is CCOC(=O)[C@H]1CSC2(CN3C(=O)N(c4cc(Cl)cc(Cl)c4)C(=O)[C@@]3(c3ccc(Br)cc3)C2)N1. The number of carbonyl (C=O) groups is 3. The van der Waals surface area contributed by atoms with Gasteiger partial charge in [0.15, 0.2) is 5.54 Å². The van der Waals surface area contributed by atoms with Gasteiger partial charge >= 0.3 is 12.0 Å². The molecule has 3 aliphatic heterocycles. The molecule has 1 N–H and O–H groups in total. The minimum atomic E-state index is -1.24. The summed E-state index contributed by atoms with van der Waals surface area (Å²) in [5.41, 5.74) is -0.219. The molecule has 7 nitrogen and oxygen atoms in total. The molecule has 1 unspecified atom stereocenters. The molecule has 2 aromatic rings. The monoisotopic (exact) mass is 583 g/mol. The number of carbonyl (C=O) groups excluding carboxylic acids is 3. The summed E-state index contributed by atoms with van der Waals surface area (Å²) in [5.74, 6) is -0.208. The lowest BCUT2D eigenvalue weighted by Crippen LogP contribution is -2.49. The maximum atomic E-state index is 14.1. The van der Waals surface area contributed by atoms with Gasteiger partial charge in [-0.1, -0.05) is 51.3 Å². The Labute approximate surface area is 219 Å². The first-order valence-electron chi connectivity index (χ1n) is 10.7. The van der Waals surface area contributed by atoms with E-state index in [1.54, 1.807) is 41.8 Å². The molecule has 3 aliphatic rings. The quantitative estimate of drug-likeness (QED) is 0.411. The average molecular weight is 585 g/mol. The molecule has 2 aromatic carbocycles. The summed E-state index contributed by atoms with van der Waals surface area (Å²) >= 11 is 17.3. The van der Waals surface area contributed by atoms with Crippen molar-refractivity contribution in [2.24, 2.45) is 0 Å². The van der Waals surface area contributed by atoms with Gasteiger partial charge < -0.3 is 9.64 Å². The number of benzene rings is 2. The van der Waals surface area contributed by atoms with Crippen LogP contribution in [0.25, 0.3) is 0 Å². The van der Waals surface area contributed by atoms with Crippen molar-refractivity contribution < 1.29 is 19.1 Å². The summed E-state index contributed by atoms with van der Waals surface area (Å²) in [7, 11) is 0. The van der Waals surface area contributed by atoms with E-state index in [1.165, 1.54) is 0 Å². The molecule has 3 atom stereocenters. The number of thioether (sulfide) groups is 1. The Morgan fingerprint density at radius 1 is 1.21 bits per heavy atom. The molecule has 3 fully saturated rings. The van der Waals surface area contributed by atoms with Crippen LogP contribution in [0.2, 0.25) is 10.0 Å². The number of ether oxygens (including phenoxy) is 1. The molecule has 178 valence electrons. The highest BCUT2D eigenvalue weighted by molar-refractivity contribution is 9.10. The fourth-order valence-electron chi connectivity index (χ4n) is 4.98. The second kappa shape index (κ2) is 8.71. The van der Waals surface area contributed by atoms with E-state index in [9.17, 15) is 14.4 Å². The molecule has 11 heteroatoms. The third kappa shape index (κ3) is 3.73. The van der Waals surface area contributed by atoms with Gasteiger partial charge in [-0.3, -0.25) is 14.9 Å². The van der Waals surface area contributed by atoms with Crippen molar-refractivity contribution in [1.29, 1.82) is 0 Å². The van der Waals surface area contributed by atoms with Gasteiger partial charge in [-0.25, -0.2) is 9.69 Å². The van der Waals surface area contributed by atoms with Gasteiger partial charge in [0.2, 0.25) is 0 Å². The van der Waals surface area contributed by atoms with Crippen LogP contribution in [0, 0.1) is 0 Å². The van der Waals surface area contributed by atoms with Crippen molar-refractivity contribution in [3.05, 3.63) is 62.5 Å². The summed E-state index contributed by atoms with van der Waals surface area (Å²) in [6, 6.07) is 11.1. The number of halogens is 3. The van der Waals surface area contributed by atoms with E-state index >= 15 is 0 Å². The number of esters is 1. The van der Waals surface area contributed by atoms with Gasteiger partial charge in [0.05, 0.1) is 23.7 Å². The zero-order valence-corrected chi connectivity index (χ0v) is 21.9. The fraction of sp³-hybridized carbons (Fsp3) is 0.348. The number of fused-ring (bicyclic) bond motifs is 1. The third-order valence-corrected chi connectivity index (χ3v) is 8.77. The van der Waals surface area contributed by atoms with Crippen molar-refractivity contribution in [3.8, 4) is 0 Å². The summed E-state index contributed by atoms with van der Waals surface area (Å²) in [6.45, 7) is 2.30. The van der Waals surface area contributed by atoms with Crippen LogP contribution in [-0.2, 0) is 19.9 Å². The van der Waals surface area contributed by atoms with E-state index in [0.29, 0.717) is 33.5 Å². The maximum absolute atomic E-state index is 14.1. The molecule has 0 saturated carbocycles. The van der Waals surface area contributed by atoms with Crippen LogP contribution < -0.4 is 10.2 Å². The van der Waals surface area contributed by atoms with Crippen molar-refractivity contribution in [3.63, 3.8) is 0 Å². The maximum Gasteiger partial charge on any atom is 0.332 e. The second-order valence-electron chi connectivity index (χ2n) is 8.44. The number of rotatable bonds is 4. The highest BCUT2D eigenvalue weighted by Crippen LogP contribution is 2.55. The number of hydrogen-bond donors (Lipinski definition) is 1. The standard InChI is InChI=1S/C23H20BrCl2N3O4S/c1-2-33-19(30)18-10-34-22(27-18)11-23(13-3-5-14(24)6-4-13)20(31)29(21(32)28(23)12-22)17-8-15(25)7-16(26)9-17/h3-9,18,27H,2,10-12H2,1H3/t18-,22?,23+/m1/s1. The Morgan fingerprint density at radius 3 is 2.53 bits per heavy atom. The van der Waals surface area contributed by atoms with Crippen LogP contribution in [0.15, 0.2) is 46.9 Å². The zero-order valence-electron chi connectivity index (χ0n) is 18.0. The Bertz CT molecular complexity index is 1180. The summed E-state index contributed by atoms with van der Waals surface area (Å²) < 4.78 is 6.04. The van der Waals surface area contributed by atoms with Crippen molar-refractivity contribution >= 4 is 74.5 Å². The van der Waals surface area contributed by atoms with Crippen LogP contribution in [0.3, 0.4) is 0 Å². The number of hydrogen-bond acceptors (Lipinski definition) is 6. The highest BCUT2D eigenvalue weighted by Gasteiger charge is 2.68. The van der Waals surface area contributed by atoms with Crippen molar-refractivity contribution in [2.45, 2.75) is 29.8 Å². The fourth-order valence-corrected chi connectivity index (χ4v) is 7.22. The highest BCUT2D eigenvalue weighted by atomic mass is 79.9. The minimum Gasteiger partial charge on any atom is -0.465 e. The smallest absolute Gasteiger partial charge is 0.332 e. The van der Waals surface area contributed by atoms with Gasteiger partial charge in [-0.15, -0.1) is 11.8 Å². The van der Waals surface area contributed by atoms with E-state index in [-0.39, 0.29) is 25.0 Å². The largest absolute Gasteiger partial charge is 0.465 e.